The lowest BCUT2D eigenvalue weighted by Gasteiger charge is -2.15. The van der Waals surface area contributed by atoms with Crippen LogP contribution in [0.5, 0.6) is 0 Å². The van der Waals surface area contributed by atoms with Gasteiger partial charge in [0, 0.05) is 0 Å². The Kier molecular flexibility index (Phi) is 5.69. The van der Waals surface area contributed by atoms with Gasteiger partial charge in [0.1, 0.15) is 6.04 Å². The molecule has 17 heavy (non-hydrogen) atoms. The van der Waals surface area contributed by atoms with Crippen molar-refractivity contribution >= 4 is 13.0 Å². The van der Waals surface area contributed by atoms with Gasteiger partial charge >= 0.3 is 13.0 Å². The van der Waals surface area contributed by atoms with E-state index in [4.69, 9.17) is 14.9 Å². The number of ether oxygens (including phenoxy) is 1. The number of benzene rings is 1. The average Bonchev–Trinajstić information content (AvgIpc) is 2.28. The van der Waals surface area contributed by atoms with Crippen LogP contribution in [0.25, 0.3) is 0 Å². The number of rotatable bonds is 7. The van der Waals surface area contributed by atoms with E-state index in [1.165, 1.54) is 6.82 Å². The molecule has 0 aliphatic heterocycles. The second kappa shape index (κ2) is 7.06. The van der Waals surface area contributed by atoms with Crippen LogP contribution in [0.3, 0.4) is 0 Å². The molecule has 0 aliphatic carbocycles. The number of carboxylic acid groups (broad SMARTS) is 1. The van der Waals surface area contributed by atoms with Gasteiger partial charge in [0.25, 0.3) is 0 Å². The Bertz CT molecular complexity index is 345. The lowest BCUT2D eigenvalue weighted by atomic mass is 9.87. The number of carboxylic acids is 1. The molecule has 0 aliphatic rings. The van der Waals surface area contributed by atoms with E-state index in [-0.39, 0.29) is 6.61 Å². The summed E-state index contributed by atoms with van der Waals surface area (Å²) >= 11 is 0. The van der Waals surface area contributed by atoms with Crippen LogP contribution in [0.2, 0.25) is 6.82 Å². The summed E-state index contributed by atoms with van der Waals surface area (Å²) in [6.07, 6.45) is 0. The van der Waals surface area contributed by atoms with E-state index >= 15 is 0 Å². The molecule has 0 fully saturated rings. The fraction of sp³-hybridized carbons (Fsp3) is 0.364. The molecule has 1 aromatic rings. The smallest absolute Gasteiger partial charge is 0.374 e. The summed E-state index contributed by atoms with van der Waals surface area (Å²) in [7, 11) is -0.878. The van der Waals surface area contributed by atoms with Crippen LogP contribution < -0.4 is 5.23 Å². The molecular weight excluding hydrogens is 221 g/mol. The van der Waals surface area contributed by atoms with Crippen LogP contribution in [0, 0.1) is 0 Å². The first-order chi connectivity index (χ1) is 8.09. The summed E-state index contributed by atoms with van der Waals surface area (Å²) in [5.74, 6) is -1.04. The maximum absolute atomic E-state index is 10.8. The molecule has 0 unspecified atom stereocenters. The molecule has 0 spiro atoms. The highest BCUT2D eigenvalue weighted by Gasteiger charge is 2.20. The molecule has 0 saturated carbocycles. The number of aliphatic carboxylic acids is 1. The van der Waals surface area contributed by atoms with Gasteiger partial charge in [-0.2, -0.15) is 0 Å². The van der Waals surface area contributed by atoms with Gasteiger partial charge in [0.05, 0.1) is 13.2 Å². The molecule has 0 bridgehead atoms. The monoisotopic (exact) mass is 237 g/mol. The van der Waals surface area contributed by atoms with Crippen molar-refractivity contribution in [2.24, 2.45) is 0 Å². The lowest BCUT2D eigenvalue weighted by molar-refractivity contribution is -0.140. The Morgan fingerprint density at radius 2 is 2.12 bits per heavy atom. The molecule has 0 amide bonds. The normalized spacial score (nSPS) is 12.1. The van der Waals surface area contributed by atoms with Crippen molar-refractivity contribution in [2.75, 3.05) is 6.61 Å². The highest BCUT2D eigenvalue weighted by molar-refractivity contribution is 6.46. The van der Waals surface area contributed by atoms with Gasteiger partial charge in [-0.1, -0.05) is 30.3 Å². The minimum Gasteiger partial charge on any atom is -0.480 e. The minimum atomic E-state index is -1.04. The third-order valence-electron chi connectivity index (χ3n) is 2.14. The van der Waals surface area contributed by atoms with Crippen molar-refractivity contribution in [1.29, 1.82) is 0 Å². The summed E-state index contributed by atoms with van der Waals surface area (Å²) < 4.78 is 5.29. The van der Waals surface area contributed by atoms with Gasteiger partial charge in [0.2, 0.25) is 0 Å². The van der Waals surface area contributed by atoms with Crippen LogP contribution in [0.4, 0.5) is 0 Å². The van der Waals surface area contributed by atoms with E-state index in [1.54, 1.807) is 0 Å². The molecule has 0 aromatic heterocycles. The zero-order chi connectivity index (χ0) is 12.7. The van der Waals surface area contributed by atoms with Crippen molar-refractivity contribution in [3.05, 3.63) is 35.9 Å². The predicted molar refractivity (Wildman–Crippen MR) is 64.5 cm³/mol. The predicted octanol–water partition coefficient (Wildman–Crippen LogP) is 0.356. The summed E-state index contributed by atoms with van der Waals surface area (Å²) in [5, 5.41) is 20.4. The van der Waals surface area contributed by atoms with Crippen molar-refractivity contribution in [3.8, 4) is 0 Å². The number of hydrogen-bond donors (Lipinski definition) is 3. The summed E-state index contributed by atoms with van der Waals surface area (Å²) in [6.45, 7) is 1.83. The molecule has 0 heterocycles. The molecule has 6 heteroatoms. The zero-order valence-corrected chi connectivity index (χ0v) is 9.67. The Balaban J connectivity index is 2.35. The van der Waals surface area contributed by atoms with Gasteiger partial charge in [-0.3, -0.25) is 4.79 Å². The fourth-order valence-electron chi connectivity index (χ4n) is 1.35. The summed E-state index contributed by atoms with van der Waals surface area (Å²) in [5.41, 5.74) is 0.980. The van der Waals surface area contributed by atoms with Gasteiger partial charge in [-0.15, -0.1) is 0 Å². The Morgan fingerprint density at radius 3 is 2.65 bits per heavy atom. The number of hydrogen-bond acceptors (Lipinski definition) is 4. The van der Waals surface area contributed by atoms with Crippen LogP contribution in [-0.4, -0.2) is 35.8 Å². The summed E-state index contributed by atoms with van der Waals surface area (Å²) in [6, 6.07) is 8.58. The van der Waals surface area contributed by atoms with Gasteiger partial charge in [0.15, 0.2) is 0 Å². The maximum Gasteiger partial charge on any atom is 0.374 e. The summed E-state index contributed by atoms with van der Waals surface area (Å²) in [4.78, 5) is 10.8. The molecule has 0 radical (unpaired) electrons. The van der Waals surface area contributed by atoms with Crippen LogP contribution in [-0.2, 0) is 16.1 Å². The van der Waals surface area contributed by atoms with E-state index in [9.17, 15) is 4.79 Å². The first-order valence-electron chi connectivity index (χ1n) is 5.38. The SMILES string of the molecule is CB(O)N[C@H](COCc1ccccc1)C(=O)O. The van der Waals surface area contributed by atoms with E-state index in [2.05, 4.69) is 5.23 Å². The Labute approximate surface area is 101 Å². The zero-order valence-electron chi connectivity index (χ0n) is 9.67. The maximum atomic E-state index is 10.8. The lowest BCUT2D eigenvalue weighted by Crippen LogP contribution is -2.47. The largest absolute Gasteiger partial charge is 0.480 e. The molecule has 1 aromatic carbocycles. The molecule has 92 valence electrons. The molecule has 0 saturated heterocycles. The molecule has 1 rings (SSSR count). The standard InChI is InChI=1S/C11H16BNO4/c1-12(16)13-10(11(14)15)8-17-7-9-5-3-2-4-6-9/h2-6,10,13,16H,7-8H2,1H3,(H,14,15)/t10-/m1/s1. The van der Waals surface area contributed by atoms with Crippen LogP contribution in [0.15, 0.2) is 30.3 Å². The Morgan fingerprint density at radius 1 is 1.47 bits per heavy atom. The van der Waals surface area contributed by atoms with Crippen molar-refractivity contribution in [3.63, 3.8) is 0 Å². The fourth-order valence-corrected chi connectivity index (χ4v) is 1.35. The topological polar surface area (TPSA) is 78.8 Å². The molecule has 1 atom stereocenters. The van der Waals surface area contributed by atoms with E-state index < -0.39 is 19.1 Å². The quantitative estimate of drug-likeness (QED) is 0.596. The van der Waals surface area contributed by atoms with Gasteiger partial charge < -0.3 is 20.1 Å². The second-order valence-electron chi connectivity index (χ2n) is 3.73. The third kappa shape index (κ3) is 5.49. The Hall–Kier alpha value is -1.37. The molecule has 3 N–H and O–H groups in total. The van der Waals surface area contributed by atoms with E-state index in [0.717, 1.165) is 5.56 Å². The van der Waals surface area contributed by atoms with Gasteiger partial charge in [-0.25, -0.2) is 0 Å². The highest BCUT2D eigenvalue weighted by atomic mass is 16.5. The van der Waals surface area contributed by atoms with E-state index in [0.29, 0.717) is 6.61 Å². The number of nitrogens with one attached hydrogen (secondary N) is 1. The third-order valence-corrected chi connectivity index (χ3v) is 2.14. The average molecular weight is 237 g/mol. The van der Waals surface area contributed by atoms with E-state index in [1.807, 2.05) is 30.3 Å². The number of carbonyl (C=O) groups is 1. The minimum absolute atomic E-state index is 0.00906. The second-order valence-corrected chi connectivity index (χ2v) is 3.73. The molecule has 5 nitrogen and oxygen atoms in total. The van der Waals surface area contributed by atoms with Crippen molar-refractivity contribution in [1.82, 2.24) is 5.23 Å². The first-order valence-corrected chi connectivity index (χ1v) is 5.38. The van der Waals surface area contributed by atoms with Crippen molar-refractivity contribution in [2.45, 2.75) is 19.5 Å². The molecular formula is C11H16BNO4. The highest BCUT2D eigenvalue weighted by Crippen LogP contribution is 2.01. The first kappa shape index (κ1) is 13.7. The van der Waals surface area contributed by atoms with Crippen molar-refractivity contribution < 1.29 is 19.7 Å². The van der Waals surface area contributed by atoms with Crippen LogP contribution in [0.1, 0.15) is 5.56 Å². The van der Waals surface area contributed by atoms with Crippen LogP contribution >= 0.6 is 0 Å². The van der Waals surface area contributed by atoms with Gasteiger partial charge in [-0.05, 0) is 12.4 Å².